The number of aromatic hydroxyl groups is 1. The van der Waals surface area contributed by atoms with Crippen molar-refractivity contribution in [1.82, 2.24) is 0 Å². The lowest BCUT2D eigenvalue weighted by molar-refractivity contribution is -0.113. The largest absolute Gasteiger partial charge is 0.507 e. The molecule has 0 fully saturated rings. The molecule has 0 saturated carbocycles. The van der Waals surface area contributed by atoms with Crippen molar-refractivity contribution in [2.24, 2.45) is 0 Å². The number of carboxylic acid groups (broad SMARTS) is 1. The van der Waals surface area contributed by atoms with Crippen LogP contribution in [-0.4, -0.2) is 48.0 Å². The van der Waals surface area contributed by atoms with Crippen molar-refractivity contribution < 1.29 is 34.1 Å². The molecule has 0 radical (unpaired) electrons. The van der Waals surface area contributed by atoms with E-state index in [0.717, 1.165) is 4.90 Å². The van der Waals surface area contributed by atoms with Crippen molar-refractivity contribution in [2.45, 2.75) is 4.90 Å². The average molecular weight is 483 g/mol. The minimum atomic E-state index is -1.30. The van der Waals surface area contributed by atoms with Crippen LogP contribution >= 0.6 is 11.8 Å². The molecule has 3 aromatic carbocycles. The quantitative estimate of drug-likeness (QED) is 0.265. The lowest BCUT2D eigenvalue weighted by Crippen LogP contribution is -2.15. The lowest BCUT2D eigenvalue weighted by atomic mass is 10.1. The van der Waals surface area contributed by atoms with Gasteiger partial charge in [0.2, 0.25) is 5.91 Å². The number of methoxy groups -OCH3 is 2. The topological polar surface area (TPSA) is 134 Å². The Hall–Kier alpha value is -4.18. The second kappa shape index (κ2) is 11.1. The molecule has 34 heavy (non-hydrogen) atoms. The van der Waals surface area contributed by atoms with E-state index in [1.54, 1.807) is 42.5 Å². The van der Waals surface area contributed by atoms with Crippen molar-refractivity contribution in [3.63, 3.8) is 0 Å². The monoisotopic (exact) mass is 482 g/mol. The van der Waals surface area contributed by atoms with Crippen molar-refractivity contribution in [3.05, 3.63) is 71.8 Å². The molecule has 0 heterocycles. The molecular formula is C24H22N2O7S. The molecule has 9 nitrogen and oxygen atoms in total. The Bertz CT molecular complexity index is 1210. The number of ether oxygens (including phenoxy) is 2. The van der Waals surface area contributed by atoms with Crippen LogP contribution in [0, 0.1) is 0 Å². The van der Waals surface area contributed by atoms with Gasteiger partial charge in [-0.3, -0.25) is 9.59 Å². The fourth-order valence-electron chi connectivity index (χ4n) is 3.06. The molecule has 10 heteroatoms. The molecule has 176 valence electrons. The van der Waals surface area contributed by atoms with Gasteiger partial charge in [-0.2, -0.15) is 0 Å². The minimum Gasteiger partial charge on any atom is -0.507 e. The lowest BCUT2D eigenvalue weighted by Gasteiger charge is -2.13. The molecule has 0 spiro atoms. The Morgan fingerprint density at radius 3 is 2.18 bits per heavy atom. The number of hydrogen-bond acceptors (Lipinski definition) is 7. The molecule has 3 aromatic rings. The van der Waals surface area contributed by atoms with Gasteiger partial charge in [0, 0.05) is 16.3 Å². The Morgan fingerprint density at radius 2 is 1.53 bits per heavy atom. The smallest absolute Gasteiger partial charge is 0.339 e. The Balaban J connectivity index is 1.64. The Kier molecular flexibility index (Phi) is 7.99. The highest BCUT2D eigenvalue weighted by Crippen LogP contribution is 2.30. The van der Waals surface area contributed by atoms with Gasteiger partial charge in [-0.05, 0) is 48.5 Å². The highest BCUT2D eigenvalue weighted by molar-refractivity contribution is 8.00. The number of aromatic carboxylic acids is 1. The molecule has 2 amide bonds. The summed E-state index contributed by atoms with van der Waals surface area (Å²) in [5.41, 5.74) is 0.737. The van der Waals surface area contributed by atoms with E-state index in [2.05, 4.69) is 10.6 Å². The summed E-state index contributed by atoms with van der Waals surface area (Å²) in [4.78, 5) is 37.0. The zero-order valence-corrected chi connectivity index (χ0v) is 19.1. The maximum Gasteiger partial charge on any atom is 0.339 e. The maximum atomic E-state index is 12.9. The molecule has 0 aliphatic heterocycles. The average Bonchev–Trinajstić information content (AvgIpc) is 2.83. The number of phenols is 1. The van der Waals surface area contributed by atoms with Gasteiger partial charge in [-0.1, -0.05) is 12.1 Å². The zero-order valence-electron chi connectivity index (χ0n) is 18.3. The first-order chi connectivity index (χ1) is 16.3. The molecule has 4 N–H and O–H groups in total. The van der Waals surface area contributed by atoms with E-state index in [9.17, 15) is 19.5 Å². The molecular weight excluding hydrogens is 460 g/mol. The summed E-state index contributed by atoms with van der Waals surface area (Å²) in [6.07, 6.45) is 0. The summed E-state index contributed by atoms with van der Waals surface area (Å²) in [6, 6.07) is 15.8. The maximum absolute atomic E-state index is 12.9. The van der Waals surface area contributed by atoms with Gasteiger partial charge in [-0.25, -0.2) is 4.79 Å². The third-order valence-electron chi connectivity index (χ3n) is 4.63. The Labute approximate surface area is 199 Å². The van der Waals surface area contributed by atoms with Gasteiger partial charge < -0.3 is 30.3 Å². The van der Waals surface area contributed by atoms with Crippen LogP contribution in [0.4, 0.5) is 11.4 Å². The van der Waals surface area contributed by atoms with Crippen LogP contribution in [-0.2, 0) is 4.79 Å². The van der Waals surface area contributed by atoms with E-state index in [0.29, 0.717) is 17.2 Å². The van der Waals surface area contributed by atoms with Crippen molar-refractivity contribution in [1.29, 1.82) is 0 Å². The molecule has 0 aromatic heterocycles. The standard InChI is InChI=1S/C24H22N2O7S/c1-32-19-7-4-8-20(33-2)22(19)23(29)26-14-5-3-6-16(11-14)34-13-21(28)25-15-9-10-18(27)17(12-15)24(30)31/h3-12,27H,13H2,1-2H3,(H,25,28)(H,26,29)(H,30,31). The summed E-state index contributed by atoms with van der Waals surface area (Å²) in [5.74, 6) is -1.66. The number of carboxylic acids is 1. The molecule has 0 aliphatic carbocycles. The first-order valence-electron chi connectivity index (χ1n) is 9.93. The van der Waals surface area contributed by atoms with Gasteiger partial charge in [0.05, 0.1) is 20.0 Å². The minimum absolute atomic E-state index is 0.0427. The highest BCUT2D eigenvalue weighted by atomic mass is 32.2. The van der Waals surface area contributed by atoms with E-state index in [1.165, 1.54) is 44.2 Å². The van der Waals surface area contributed by atoms with E-state index in [-0.39, 0.29) is 34.2 Å². The van der Waals surface area contributed by atoms with Gasteiger partial charge >= 0.3 is 5.97 Å². The molecule has 0 unspecified atom stereocenters. The van der Waals surface area contributed by atoms with E-state index >= 15 is 0 Å². The normalized spacial score (nSPS) is 10.3. The third-order valence-corrected chi connectivity index (χ3v) is 5.62. The second-order valence-corrected chi connectivity index (χ2v) is 7.94. The van der Waals surface area contributed by atoms with Crippen LogP contribution < -0.4 is 20.1 Å². The number of hydrogen-bond donors (Lipinski definition) is 4. The van der Waals surface area contributed by atoms with Crippen molar-refractivity contribution in [2.75, 3.05) is 30.6 Å². The van der Waals surface area contributed by atoms with E-state index < -0.39 is 11.9 Å². The number of nitrogens with one attached hydrogen (secondary N) is 2. The third kappa shape index (κ3) is 5.99. The predicted molar refractivity (Wildman–Crippen MR) is 128 cm³/mol. The number of rotatable bonds is 9. The summed E-state index contributed by atoms with van der Waals surface area (Å²) in [7, 11) is 2.93. The van der Waals surface area contributed by atoms with Gasteiger partial charge in [-0.15, -0.1) is 11.8 Å². The number of amides is 2. The SMILES string of the molecule is COc1cccc(OC)c1C(=O)Nc1cccc(SCC(=O)Nc2ccc(O)c(C(=O)O)c2)c1. The van der Waals surface area contributed by atoms with E-state index in [4.69, 9.17) is 14.6 Å². The fourth-order valence-corrected chi connectivity index (χ4v) is 3.82. The number of anilines is 2. The number of carbonyl (C=O) groups is 3. The van der Waals surface area contributed by atoms with Crippen LogP contribution in [0.3, 0.4) is 0 Å². The van der Waals surface area contributed by atoms with Gasteiger partial charge in [0.15, 0.2) is 0 Å². The molecule has 3 rings (SSSR count). The number of benzene rings is 3. The van der Waals surface area contributed by atoms with Crippen LogP contribution in [0.5, 0.6) is 17.2 Å². The summed E-state index contributed by atoms with van der Waals surface area (Å²) >= 11 is 1.24. The second-order valence-electron chi connectivity index (χ2n) is 6.89. The molecule has 0 saturated heterocycles. The summed E-state index contributed by atoms with van der Waals surface area (Å²) < 4.78 is 10.6. The summed E-state index contributed by atoms with van der Waals surface area (Å²) in [5, 5.41) is 24.0. The summed E-state index contributed by atoms with van der Waals surface area (Å²) in [6.45, 7) is 0. The highest BCUT2D eigenvalue weighted by Gasteiger charge is 2.18. The van der Waals surface area contributed by atoms with Crippen LogP contribution in [0.2, 0.25) is 0 Å². The van der Waals surface area contributed by atoms with Gasteiger partial charge in [0.25, 0.3) is 5.91 Å². The zero-order chi connectivity index (χ0) is 24.7. The van der Waals surface area contributed by atoms with Crippen molar-refractivity contribution >= 4 is 40.9 Å². The molecule has 0 bridgehead atoms. The molecule has 0 aliphatic rings. The van der Waals surface area contributed by atoms with Crippen LogP contribution in [0.25, 0.3) is 0 Å². The Morgan fingerprint density at radius 1 is 0.882 bits per heavy atom. The number of thioether (sulfide) groups is 1. The first-order valence-corrected chi connectivity index (χ1v) is 10.9. The molecule has 0 atom stereocenters. The van der Waals surface area contributed by atoms with Crippen LogP contribution in [0.1, 0.15) is 20.7 Å². The first kappa shape index (κ1) is 24.5. The van der Waals surface area contributed by atoms with Crippen molar-refractivity contribution in [3.8, 4) is 17.2 Å². The van der Waals surface area contributed by atoms with E-state index in [1.807, 2.05) is 0 Å². The van der Waals surface area contributed by atoms with Gasteiger partial charge in [0.1, 0.15) is 28.4 Å². The predicted octanol–water partition coefficient (Wildman–Crippen LogP) is 4.09. The number of carbonyl (C=O) groups excluding carboxylic acids is 2. The van der Waals surface area contributed by atoms with Crippen LogP contribution in [0.15, 0.2) is 65.6 Å². The fraction of sp³-hybridized carbons (Fsp3) is 0.125.